The number of hydrogen-bond acceptors (Lipinski definition) is 2. The summed E-state index contributed by atoms with van der Waals surface area (Å²) in [6.07, 6.45) is 2.45. The highest BCUT2D eigenvalue weighted by molar-refractivity contribution is 5.70. The van der Waals surface area contributed by atoms with Crippen LogP contribution >= 0.6 is 0 Å². The average Bonchev–Trinajstić information content (AvgIpc) is 2.34. The Kier molecular flexibility index (Phi) is 2.52. The zero-order valence-corrected chi connectivity index (χ0v) is 6.75. The Morgan fingerprint density at radius 2 is 2.64 bits per heavy atom. The molecule has 3 heteroatoms. The van der Waals surface area contributed by atoms with Crippen LogP contribution in [0.15, 0.2) is 12.7 Å². The molecule has 0 saturated carbocycles. The maximum Gasteiger partial charge on any atom is 0.410 e. The Morgan fingerprint density at radius 3 is 3.18 bits per heavy atom. The van der Waals surface area contributed by atoms with Crippen molar-refractivity contribution in [1.82, 2.24) is 4.90 Å². The second kappa shape index (κ2) is 3.42. The van der Waals surface area contributed by atoms with Gasteiger partial charge in [-0.25, -0.2) is 4.79 Å². The van der Waals surface area contributed by atoms with Crippen LogP contribution in [-0.2, 0) is 4.74 Å². The fraction of sp³-hybridized carbons (Fsp3) is 0.625. The minimum Gasteiger partial charge on any atom is -0.447 e. The summed E-state index contributed by atoms with van der Waals surface area (Å²) in [5, 5.41) is 0. The Balaban J connectivity index is 2.55. The predicted molar refractivity (Wildman–Crippen MR) is 42.3 cm³/mol. The number of carbonyl (C=O) groups is 1. The average molecular weight is 155 g/mol. The van der Waals surface area contributed by atoms with Crippen LogP contribution < -0.4 is 0 Å². The summed E-state index contributed by atoms with van der Waals surface area (Å²) in [4.78, 5) is 12.7. The van der Waals surface area contributed by atoms with Crippen molar-refractivity contribution in [2.45, 2.75) is 19.4 Å². The van der Waals surface area contributed by atoms with Crippen molar-refractivity contribution in [3.05, 3.63) is 12.7 Å². The molecule has 1 heterocycles. The molecule has 0 spiro atoms. The van der Waals surface area contributed by atoms with E-state index in [4.69, 9.17) is 4.74 Å². The van der Waals surface area contributed by atoms with Gasteiger partial charge in [-0.3, -0.25) is 4.90 Å². The normalized spacial score (nSPS) is 23.5. The molecule has 1 atom stereocenters. The number of rotatable bonds is 3. The van der Waals surface area contributed by atoms with Crippen LogP contribution in [0.25, 0.3) is 0 Å². The third-order valence-electron chi connectivity index (χ3n) is 1.87. The van der Waals surface area contributed by atoms with E-state index in [2.05, 4.69) is 6.58 Å². The minimum atomic E-state index is -0.211. The summed E-state index contributed by atoms with van der Waals surface area (Å²) in [5.74, 6) is 0. The van der Waals surface area contributed by atoms with Crippen LogP contribution in [0.1, 0.15) is 13.3 Å². The fourth-order valence-electron chi connectivity index (χ4n) is 1.19. The number of hydrogen-bond donors (Lipinski definition) is 0. The van der Waals surface area contributed by atoms with Gasteiger partial charge in [0.05, 0.1) is 6.04 Å². The highest BCUT2D eigenvalue weighted by Gasteiger charge is 2.29. The molecule has 0 radical (unpaired) electrons. The van der Waals surface area contributed by atoms with Gasteiger partial charge in [-0.15, -0.1) is 6.58 Å². The second-order valence-corrected chi connectivity index (χ2v) is 2.58. The van der Waals surface area contributed by atoms with E-state index >= 15 is 0 Å². The van der Waals surface area contributed by atoms with Gasteiger partial charge in [0, 0.05) is 6.54 Å². The molecule has 0 N–H and O–H groups in total. The monoisotopic (exact) mass is 155 g/mol. The Hall–Kier alpha value is -0.990. The van der Waals surface area contributed by atoms with Crippen molar-refractivity contribution >= 4 is 6.09 Å². The largest absolute Gasteiger partial charge is 0.447 e. The van der Waals surface area contributed by atoms with Gasteiger partial charge in [0.25, 0.3) is 0 Å². The number of carbonyl (C=O) groups excluding carboxylic acids is 1. The van der Waals surface area contributed by atoms with E-state index in [1.54, 1.807) is 11.0 Å². The molecule has 1 unspecified atom stereocenters. The van der Waals surface area contributed by atoms with Gasteiger partial charge in [-0.05, 0) is 6.42 Å². The lowest BCUT2D eigenvalue weighted by molar-refractivity contribution is 0.160. The van der Waals surface area contributed by atoms with Gasteiger partial charge < -0.3 is 4.74 Å². The third kappa shape index (κ3) is 1.53. The van der Waals surface area contributed by atoms with Gasteiger partial charge in [0.1, 0.15) is 6.61 Å². The van der Waals surface area contributed by atoms with Crippen molar-refractivity contribution in [3.63, 3.8) is 0 Å². The summed E-state index contributed by atoms with van der Waals surface area (Å²) in [6.45, 7) is 6.75. The first-order valence-electron chi connectivity index (χ1n) is 3.84. The molecular formula is C8H13NO2. The smallest absolute Gasteiger partial charge is 0.410 e. The highest BCUT2D eigenvalue weighted by Crippen LogP contribution is 2.14. The first-order valence-corrected chi connectivity index (χ1v) is 3.84. The summed E-state index contributed by atoms with van der Waals surface area (Å²) in [7, 11) is 0. The summed E-state index contributed by atoms with van der Waals surface area (Å²) in [6, 6.07) is 0.250. The molecule has 1 fully saturated rings. The maximum atomic E-state index is 11.0. The van der Waals surface area contributed by atoms with E-state index in [-0.39, 0.29) is 12.1 Å². The molecule has 0 aromatic carbocycles. The predicted octanol–water partition coefficient (Wildman–Crippen LogP) is 1.40. The second-order valence-electron chi connectivity index (χ2n) is 2.58. The van der Waals surface area contributed by atoms with Crippen LogP contribution in [0.3, 0.4) is 0 Å². The number of amides is 1. The molecule has 0 aliphatic carbocycles. The Morgan fingerprint density at radius 1 is 1.91 bits per heavy atom. The molecule has 1 aliphatic rings. The van der Waals surface area contributed by atoms with Gasteiger partial charge in [0.2, 0.25) is 0 Å². The van der Waals surface area contributed by atoms with Gasteiger partial charge >= 0.3 is 6.09 Å². The third-order valence-corrected chi connectivity index (χ3v) is 1.87. The fourth-order valence-corrected chi connectivity index (χ4v) is 1.19. The molecule has 0 bridgehead atoms. The molecule has 0 aromatic rings. The van der Waals surface area contributed by atoms with Crippen molar-refractivity contribution in [1.29, 1.82) is 0 Å². The van der Waals surface area contributed by atoms with Gasteiger partial charge in [0.15, 0.2) is 0 Å². The van der Waals surface area contributed by atoms with Gasteiger partial charge in [-0.2, -0.15) is 0 Å². The number of nitrogens with zero attached hydrogens (tertiary/aromatic N) is 1. The quantitative estimate of drug-likeness (QED) is 0.576. The van der Waals surface area contributed by atoms with Gasteiger partial charge in [-0.1, -0.05) is 13.0 Å². The van der Waals surface area contributed by atoms with E-state index < -0.39 is 0 Å². The first kappa shape index (κ1) is 8.11. The van der Waals surface area contributed by atoms with Crippen LogP contribution in [-0.4, -0.2) is 30.2 Å². The minimum absolute atomic E-state index is 0.211. The highest BCUT2D eigenvalue weighted by atomic mass is 16.6. The molecule has 1 rings (SSSR count). The SMILES string of the molecule is C=CCN1C(=O)OCC1CC. The number of cyclic esters (lactones) is 1. The zero-order chi connectivity index (χ0) is 8.27. The van der Waals surface area contributed by atoms with Crippen molar-refractivity contribution in [2.75, 3.05) is 13.2 Å². The lowest BCUT2D eigenvalue weighted by atomic mass is 10.2. The molecule has 0 aromatic heterocycles. The van der Waals surface area contributed by atoms with Crippen LogP contribution in [0.4, 0.5) is 4.79 Å². The summed E-state index contributed by atoms with van der Waals surface area (Å²) < 4.78 is 4.86. The van der Waals surface area contributed by atoms with Crippen LogP contribution in [0.2, 0.25) is 0 Å². The van der Waals surface area contributed by atoms with E-state index in [9.17, 15) is 4.79 Å². The van der Waals surface area contributed by atoms with E-state index in [0.717, 1.165) is 6.42 Å². The Bertz CT molecular complexity index is 167. The van der Waals surface area contributed by atoms with E-state index in [1.807, 2.05) is 6.92 Å². The standard InChI is InChI=1S/C8H13NO2/c1-3-5-9-7(4-2)6-11-8(9)10/h3,7H,1,4-6H2,2H3. The van der Waals surface area contributed by atoms with Crippen LogP contribution in [0, 0.1) is 0 Å². The molecule has 1 aliphatic heterocycles. The van der Waals surface area contributed by atoms with E-state index in [1.165, 1.54) is 0 Å². The molecule has 62 valence electrons. The topological polar surface area (TPSA) is 29.5 Å². The van der Waals surface area contributed by atoms with E-state index in [0.29, 0.717) is 13.2 Å². The number of ether oxygens (including phenoxy) is 1. The first-order chi connectivity index (χ1) is 5.29. The zero-order valence-electron chi connectivity index (χ0n) is 6.75. The lowest BCUT2D eigenvalue weighted by Crippen LogP contribution is -2.32. The molecule has 1 amide bonds. The van der Waals surface area contributed by atoms with Crippen molar-refractivity contribution in [3.8, 4) is 0 Å². The van der Waals surface area contributed by atoms with Crippen LogP contribution in [0.5, 0.6) is 0 Å². The van der Waals surface area contributed by atoms with Crippen molar-refractivity contribution < 1.29 is 9.53 Å². The van der Waals surface area contributed by atoms with Crippen molar-refractivity contribution in [2.24, 2.45) is 0 Å². The molecular weight excluding hydrogens is 142 g/mol. The molecule has 3 nitrogen and oxygen atoms in total. The molecule has 11 heavy (non-hydrogen) atoms. The lowest BCUT2D eigenvalue weighted by Gasteiger charge is -2.17. The Labute approximate surface area is 66.6 Å². The molecule has 1 saturated heterocycles. The summed E-state index contributed by atoms with van der Waals surface area (Å²) in [5.41, 5.74) is 0. The summed E-state index contributed by atoms with van der Waals surface area (Å²) >= 11 is 0. The maximum absolute atomic E-state index is 11.0.